The zero-order valence-corrected chi connectivity index (χ0v) is 36.8. The highest BCUT2D eigenvalue weighted by Gasteiger charge is 2.36. The fourth-order valence-electron chi connectivity index (χ4n) is 8.00. The predicted octanol–water partition coefficient (Wildman–Crippen LogP) is 8.03. The number of benzene rings is 3. The molecule has 12 nitrogen and oxygen atoms in total. The van der Waals surface area contributed by atoms with Crippen LogP contribution in [0.2, 0.25) is 0 Å². The Bertz CT molecular complexity index is 2090. The van der Waals surface area contributed by atoms with Gasteiger partial charge in [0.2, 0.25) is 5.91 Å². The molecule has 320 valence electrons. The average Bonchev–Trinajstić information content (AvgIpc) is 3.77. The molecule has 0 spiro atoms. The Hall–Kier alpha value is -5.56. The summed E-state index contributed by atoms with van der Waals surface area (Å²) in [6.45, 7) is 12.6. The lowest BCUT2D eigenvalue weighted by atomic mass is 9.94. The van der Waals surface area contributed by atoms with Gasteiger partial charge in [-0.2, -0.15) is 0 Å². The third-order valence-electron chi connectivity index (χ3n) is 11.1. The molecule has 0 aliphatic heterocycles. The molecule has 2 N–H and O–H groups in total. The SMILES string of the molecule is COC(=O)[C@@H](C)C[C@@H](Cc1ccccc1)NC(=O)c1nc([C@@H](C[C@@H](C(C)C)N(C)C(=O)[C@@H](NC(=O)OCC2c3ccccc3-c3ccccc32)C(C)C)OC(C)=O)sc1C. The van der Waals surface area contributed by atoms with E-state index in [1.807, 2.05) is 94.4 Å². The molecular weight excluding hydrogens is 781 g/mol. The van der Waals surface area contributed by atoms with Crippen molar-refractivity contribution in [2.24, 2.45) is 17.8 Å². The highest BCUT2D eigenvalue weighted by Crippen LogP contribution is 2.44. The maximum atomic E-state index is 14.3. The van der Waals surface area contributed by atoms with Crippen molar-refractivity contribution in [1.29, 1.82) is 0 Å². The lowest BCUT2D eigenvalue weighted by molar-refractivity contribution is -0.149. The number of hydrogen-bond acceptors (Lipinski definition) is 10. The number of fused-ring (bicyclic) bond motifs is 3. The topological polar surface area (TPSA) is 153 Å². The number of aromatic nitrogens is 1. The summed E-state index contributed by atoms with van der Waals surface area (Å²) in [5.41, 5.74) is 5.60. The fourth-order valence-corrected chi connectivity index (χ4v) is 8.96. The van der Waals surface area contributed by atoms with Crippen molar-refractivity contribution in [3.8, 4) is 11.1 Å². The number of alkyl carbamates (subject to hydrolysis) is 1. The Balaban J connectivity index is 1.29. The second kappa shape index (κ2) is 20.6. The van der Waals surface area contributed by atoms with Gasteiger partial charge in [0.15, 0.2) is 6.10 Å². The predicted molar refractivity (Wildman–Crippen MR) is 231 cm³/mol. The summed E-state index contributed by atoms with van der Waals surface area (Å²) in [6.07, 6.45) is -0.530. The molecule has 60 heavy (non-hydrogen) atoms. The van der Waals surface area contributed by atoms with E-state index in [1.165, 1.54) is 25.4 Å². The summed E-state index contributed by atoms with van der Waals surface area (Å²) < 4.78 is 16.6. The van der Waals surface area contributed by atoms with Crippen LogP contribution in [-0.2, 0) is 35.0 Å². The standard InChI is InChI=1S/C47H58N4O8S/c1-27(2)39(51(8)45(54)41(28(3)4)50-47(56)58-26-38-36-21-15-13-19-34(36)35-20-14-16-22-37(35)38)25-40(59-31(7)52)44-49-42(30(6)60-44)43(53)48-33(23-29(5)46(55)57-9)24-32-17-11-10-12-18-32/h10-22,27-29,33,38-41H,23-26H2,1-9H3,(H,48,53)(H,50,56)/t29-,33-,39-,40+,41-/m0/s1. The van der Waals surface area contributed by atoms with E-state index in [2.05, 4.69) is 22.8 Å². The second-order valence-electron chi connectivity index (χ2n) is 16.3. The Morgan fingerprint density at radius 1 is 0.817 bits per heavy atom. The molecule has 0 unspecified atom stereocenters. The van der Waals surface area contributed by atoms with Gasteiger partial charge in [0.05, 0.1) is 13.0 Å². The Kier molecular flexibility index (Phi) is 15.6. The number of aryl methyl sites for hydroxylation is 1. The number of nitrogens with zero attached hydrogens (tertiary/aromatic N) is 2. The number of amides is 3. The van der Waals surface area contributed by atoms with E-state index in [9.17, 15) is 24.0 Å². The summed E-state index contributed by atoms with van der Waals surface area (Å²) in [6, 6.07) is 24.1. The van der Waals surface area contributed by atoms with Crippen LogP contribution in [0.25, 0.3) is 11.1 Å². The van der Waals surface area contributed by atoms with Crippen molar-refractivity contribution in [3.05, 3.63) is 111 Å². The molecule has 5 atom stereocenters. The maximum Gasteiger partial charge on any atom is 0.407 e. The van der Waals surface area contributed by atoms with Gasteiger partial charge in [-0.1, -0.05) is 113 Å². The first-order valence-corrected chi connectivity index (χ1v) is 21.4. The van der Waals surface area contributed by atoms with Crippen LogP contribution in [-0.4, -0.2) is 78.6 Å². The monoisotopic (exact) mass is 838 g/mol. The molecule has 1 aromatic heterocycles. The minimum absolute atomic E-state index is 0.0985. The van der Waals surface area contributed by atoms with Crippen LogP contribution < -0.4 is 10.6 Å². The van der Waals surface area contributed by atoms with Gasteiger partial charge in [-0.3, -0.25) is 19.2 Å². The number of likely N-dealkylation sites (N-methyl/N-ethyl adjacent to an activating group) is 1. The van der Waals surface area contributed by atoms with Gasteiger partial charge >= 0.3 is 18.0 Å². The van der Waals surface area contributed by atoms with Gasteiger partial charge in [-0.05, 0) is 59.4 Å². The van der Waals surface area contributed by atoms with Gasteiger partial charge in [0.25, 0.3) is 5.91 Å². The molecule has 0 saturated heterocycles. The highest BCUT2D eigenvalue weighted by atomic mass is 32.1. The van der Waals surface area contributed by atoms with Gasteiger partial charge < -0.3 is 29.7 Å². The number of esters is 2. The van der Waals surface area contributed by atoms with Crippen LogP contribution in [0.1, 0.15) is 103 Å². The van der Waals surface area contributed by atoms with E-state index in [4.69, 9.17) is 19.2 Å². The third-order valence-corrected chi connectivity index (χ3v) is 12.2. The highest BCUT2D eigenvalue weighted by molar-refractivity contribution is 7.12. The third kappa shape index (κ3) is 11.2. The van der Waals surface area contributed by atoms with E-state index in [-0.39, 0.29) is 48.4 Å². The number of carbonyl (C=O) groups is 5. The number of methoxy groups -OCH3 is 1. The normalized spacial score (nSPS) is 14.6. The average molecular weight is 839 g/mol. The molecule has 1 heterocycles. The molecule has 3 amide bonds. The van der Waals surface area contributed by atoms with Crippen LogP contribution in [0, 0.1) is 24.7 Å². The first-order valence-electron chi connectivity index (χ1n) is 20.5. The minimum Gasteiger partial charge on any atom is -0.469 e. The molecular formula is C47H58N4O8S. The molecule has 1 aliphatic rings. The molecule has 4 aromatic rings. The number of rotatable bonds is 18. The second-order valence-corrected chi connectivity index (χ2v) is 17.5. The van der Waals surface area contributed by atoms with Crippen molar-refractivity contribution in [2.45, 2.75) is 97.9 Å². The summed E-state index contributed by atoms with van der Waals surface area (Å²) in [5, 5.41) is 6.33. The Labute approximate surface area is 357 Å². The zero-order valence-electron chi connectivity index (χ0n) is 36.0. The van der Waals surface area contributed by atoms with Crippen molar-refractivity contribution < 1.29 is 38.2 Å². The van der Waals surface area contributed by atoms with Gasteiger partial charge in [0, 0.05) is 43.3 Å². The number of carbonyl (C=O) groups excluding carboxylic acids is 5. The summed E-state index contributed by atoms with van der Waals surface area (Å²) >= 11 is 1.25. The number of thiazole rings is 1. The Morgan fingerprint density at radius 3 is 1.98 bits per heavy atom. The van der Waals surface area contributed by atoms with Crippen molar-refractivity contribution >= 4 is 41.2 Å². The van der Waals surface area contributed by atoms with Gasteiger partial charge in [-0.25, -0.2) is 9.78 Å². The Morgan fingerprint density at radius 2 is 1.42 bits per heavy atom. The molecule has 0 bridgehead atoms. The van der Waals surface area contributed by atoms with Crippen molar-refractivity contribution in [1.82, 2.24) is 20.5 Å². The van der Waals surface area contributed by atoms with Gasteiger partial charge in [-0.15, -0.1) is 11.3 Å². The molecule has 0 fully saturated rings. The zero-order chi connectivity index (χ0) is 43.7. The van der Waals surface area contributed by atoms with E-state index in [1.54, 1.807) is 25.8 Å². The molecule has 0 saturated carbocycles. The largest absolute Gasteiger partial charge is 0.469 e. The van der Waals surface area contributed by atoms with Crippen LogP contribution in [0.3, 0.4) is 0 Å². The van der Waals surface area contributed by atoms with Gasteiger partial charge in [0.1, 0.15) is 23.4 Å². The lowest BCUT2D eigenvalue weighted by Crippen LogP contribution is -2.54. The number of hydrogen-bond donors (Lipinski definition) is 2. The van der Waals surface area contributed by atoms with Crippen LogP contribution in [0.15, 0.2) is 78.9 Å². The van der Waals surface area contributed by atoms with Crippen molar-refractivity contribution in [3.63, 3.8) is 0 Å². The fraction of sp³-hybridized carbons (Fsp3) is 0.447. The van der Waals surface area contributed by atoms with E-state index in [0.29, 0.717) is 22.7 Å². The summed E-state index contributed by atoms with van der Waals surface area (Å²) in [5.74, 6) is -2.60. The van der Waals surface area contributed by atoms with E-state index < -0.39 is 48.1 Å². The molecule has 5 rings (SSSR count). The first kappa shape index (κ1) is 45.5. The molecule has 1 aliphatic carbocycles. The van der Waals surface area contributed by atoms with Crippen LogP contribution >= 0.6 is 11.3 Å². The molecule has 3 aromatic carbocycles. The summed E-state index contributed by atoms with van der Waals surface area (Å²) in [7, 11) is 3.02. The van der Waals surface area contributed by atoms with Crippen LogP contribution in [0.5, 0.6) is 0 Å². The van der Waals surface area contributed by atoms with Crippen LogP contribution in [0.4, 0.5) is 4.79 Å². The summed E-state index contributed by atoms with van der Waals surface area (Å²) in [4.78, 5) is 73.3. The quantitative estimate of drug-likeness (QED) is 0.0749. The van der Waals surface area contributed by atoms with E-state index in [0.717, 1.165) is 27.8 Å². The molecule has 0 radical (unpaired) electrons. The number of ether oxygens (including phenoxy) is 3. The van der Waals surface area contributed by atoms with E-state index >= 15 is 0 Å². The molecule has 13 heteroatoms. The lowest BCUT2D eigenvalue weighted by Gasteiger charge is -2.36. The van der Waals surface area contributed by atoms with Crippen molar-refractivity contribution in [2.75, 3.05) is 20.8 Å². The minimum atomic E-state index is -0.901. The smallest absolute Gasteiger partial charge is 0.407 e. The first-order chi connectivity index (χ1) is 28.6. The number of nitrogens with one attached hydrogen (secondary N) is 2. The maximum absolute atomic E-state index is 14.3.